The van der Waals surface area contributed by atoms with Gasteiger partial charge in [0.1, 0.15) is 19.9 Å². The molecule has 0 saturated carbocycles. The highest BCUT2D eigenvalue weighted by Crippen LogP contribution is 2.52. The molecule has 0 atom stereocenters. The second-order valence-corrected chi connectivity index (χ2v) is 10.4. The first-order chi connectivity index (χ1) is 15.5. The Labute approximate surface area is 188 Å². The molecule has 158 valence electrons. The number of fused-ring (bicyclic) bond motifs is 3. The summed E-state index contributed by atoms with van der Waals surface area (Å²) in [6.07, 6.45) is 1.11. The highest BCUT2D eigenvalue weighted by Gasteiger charge is 2.34. The Kier molecular flexibility index (Phi) is 3.91. The lowest BCUT2D eigenvalue weighted by Gasteiger charge is -2.28. The van der Waals surface area contributed by atoms with Gasteiger partial charge in [0.2, 0.25) is 5.69 Å². The van der Waals surface area contributed by atoms with Gasteiger partial charge in [-0.2, -0.15) is 0 Å². The lowest BCUT2D eigenvalue weighted by molar-refractivity contribution is -0.659. The van der Waals surface area contributed by atoms with Crippen LogP contribution in [-0.2, 0) is 13.5 Å². The number of benzene rings is 3. The summed E-state index contributed by atoms with van der Waals surface area (Å²) in [5.74, 6) is 2.00. The maximum Gasteiger partial charge on any atom is 0.228 e. The molecule has 0 radical (unpaired) electrons. The monoisotopic (exact) mass is 412 g/mol. The van der Waals surface area contributed by atoms with Gasteiger partial charge in [-0.05, 0) is 58.0 Å². The van der Waals surface area contributed by atoms with E-state index in [-0.39, 0.29) is 17.6 Å². The summed E-state index contributed by atoms with van der Waals surface area (Å²) in [6.45, 7) is 13.2. The number of aryl methyl sites for hydroxylation is 1. The zero-order valence-corrected chi connectivity index (χ0v) is 19.6. The first-order valence-electron chi connectivity index (χ1n) is 12.2. The fourth-order valence-electron chi connectivity index (χ4n) is 4.92. The Morgan fingerprint density at radius 1 is 1.10 bits per heavy atom. The van der Waals surface area contributed by atoms with E-state index in [4.69, 9.17) is 7.48 Å². The van der Waals surface area contributed by atoms with Crippen LogP contribution in [0.25, 0.3) is 32.8 Å². The summed E-state index contributed by atoms with van der Waals surface area (Å²) in [4.78, 5) is 0. The first kappa shape index (κ1) is 17.8. The summed E-state index contributed by atoms with van der Waals surface area (Å²) < 4.78 is 26.1. The summed E-state index contributed by atoms with van der Waals surface area (Å²) in [5, 5.41) is 4.19. The van der Waals surface area contributed by atoms with E-state index in [0.29, 0.717) is 5.92 Å². The molecule has 1 aliphatic heterocycles. The van der Waals surface area contributed by atoms with Crippen molar-refractivity contribution in [3.8, 4) is 22.8 Å². The van der Waals surface area contributed by atoms with Crippen molar-refractivity contribution >= 4 is 21.5 Å². The molecule has 0 aliphatic carbocycles. The van der Waals surface area contributed by atoms with Crippen LogP contribution in [0.15, 0.2) is 48.6 Å². The Bertz CT molecular complexity index is 1460. The van der Waals surface area contributed by atoms with E-state index in [0.717, 1.165) is 51.1 Å². The molecule has 2 heteroatoms. The molecule has 2 nitrogen and oxygen atoms in total. The van der Waals surface area contributed by atoms with Gasteiger partial charge in [-0.25, -0.2) is 4.57 Å². The van der Waals surface area contributed by atoms with Gasteiger partial charge in [-0.1, -0.05) is 65.0 Å². The van der Waals surface area contributed by atoms with Gasteiger partial charge >= 0.3 is 0 Å². The van der Waals surface area contributed by atoms with E-state index in [2.05, 4.69) is 77.9 Å². The molecule has 3 aromatic carbocycles. The summed E-state index contributed by atoms with van der Waals surface area (Å²) in [6, 6.07) is 13.0. The van der Waals surface area contributed by atoms with Gasteiger partial charge in [-0.15, -0.1) is 0 Å². The van der Waals surface area contributed by atoms with Crippen molar-refractivity contribution in [2.24, 2.45) is 12.5 Å². The van der Waals surface area contributed by atoms with Crippen molar-refractivity contribution in [2.75, 3.05) is 0 Å². The van der Waals surface area contributed by atoms with E-state index >= 15 is 0 Å². The van der Waals surface area contributed by atoms with Gasteiger partial charge in [0.25, 0.3) is 0 Å². The van der Waals surface area contributed by atoms with Gasteiger partial charge in [0.15, 0.2) is 6.17 Å². The molecule has 5 rings (SSSR count). The second kappa shape index (κ2) is 6.82. The van der Waals surface area contributed by atoms with Gasteiger partial charge < -0.3 is 4.74 Å². The molecule has 0 N–H and O–H groups in total. The molecule has 0 unspecified atom stereocenters. The van der Waals surface area contributed by atoms with Crippen LogP contribution in [0, 0.1) is 12.3 Å². The minimum Gasteiger partial charge on any atom is -0.455 e. The topological polar surface area (TPSA) is 13.1 Å². The van der Waals surface area contributed by atoms with Crippen LogP contribution in [0.5, 0.6) is 11.5 Å². The summed E-state index contributed by atoms with van der Waals surface area (Å²) >= 11 is 0. The standard InChI is InChI=1S/C29H32NO/c1-17(2)20-14-19-12-13-30(7)27-25-18(3)21-10-8-9-11-22(21)23(16-29(4,5)6)28(25)31-24(15-20)26(19)27/h8-15,17H,16H2,1-7H3/q+1/i12D,13D. The van der Waals surface area contributed by atoms with E-state index < -0.39 is 0 Å². The molecule has 0 spiro atoms. The Balaban J connectivity index is 2.01. The van der Waals surface area contributed by atoms with Crippen molar-refractivity contribution in [2.45, 2.75) is 53.9 Å². The van der Waals surface area contributed by atoms with Crippen molar-refractivity contribution in [3.63, 3.8) is 0 Å². The zero-order chi connectivity index (χ0) is 23.8. The van der Waals surface area contributed by atoms with Crippen LogP contribution in [0.1, 0.15) is 60.0 Å². The average Bonchev–Trinajstić information content (AvgIpc) is 2.76. The minimum absolute atomic E-state index is 0.0817. The zero-order valence-electron chi connectivity index (χ0n) is 21.6. The molecule has 2 heterocycles. The van der Waals surface area contributed by atoms with Crippen LogP contribution in [0.2, 0.25) is 0 Å². The third-order valence-electron chi connectivity index (χ3n) is 6.41. The lowest BCUT2D eigenvalue weighted by Crippen LogP contribution is -2.32. The molecule has 0 saturated heterocycles. The van der Waals surface area contributed by atoms with E-state index in [9.17, 15) is 0 Å². The Morgan fingerprint density at radius 3 is 2.48 bits per heavy atom. The molecule has 0 bridgehead atoms. The van der Waals surface area contributed by atoms with E-state index in [1.165, 1.54) is 16.3 Å². The molecule has 0 fully saturated rings. The number of hydrogen-bond acceptors (Lipinski definition) is 1. The van der Waals surface area contributed by atoms with Crippen molar-refractivity contribution in [3.05, 3.63) is 65.3 Å². The maximum atomic E-state index is 8.75. The SMILES string of the molecule is [2H]c1c([2H])[n+](C)c2c3c(cc(C(C)C)cc13)Oc1c-2c(C)c2ccccc2c1CC(C)(C)C. The normalized spacial score (nSPS) is 13.9. The Hall–Kier alpha value is -2.87. The fourth-order valence-corrected chi connectivity index (χ4v) is 4.92. The summed E-state index contributed by atoms with van der Waals surface area (Å²) in [7, 11) is 1.91. The van der Waals surface area contributed by atoms with Gasteiger partial charge in [0.05, 0.1) is 12.3 Å². The van der Waals surface area contributed by atoms with Gasteiger partial charge in [-0.3, -0.25) is 0 Å². The second-order valence-electron chi connectivity index (χ2n) is 10.4. The van der Waals surface area contributed by atoms with Crippen LogP contribution in [0.4, 0.5) is 0 Å². The predicted molar refractivity (Wildman–Crippen MR) is 130 cm³/mol. The quantitative estimate of drug-likeness (QED) is 0.272. The molecule has 1 aliphatic rings. The van der Waals surface area contributed by atoms with Crippen molar-refractivity contribution in [1.29, 1.82) is 0 Å². The van der Waals surface area contributed by atoms with Crippen molar-refractivity contribution in [1.82, 2.24) is 0 Å². The third kappa shape index (κ3) is 3.12. The van der Waals surface area contributed by atoms with E-state index in [1.807, 2.05) is 11.6 Å². The Morgan fingerprint density at radius 2 is 1.81 bits per heavy atom. The average molecular weight is 413 g/mol. The van der Waals surface area contributed by atoms with Crippen LogP contribution >= 0.6 is 0 Å². The summed E-state index contributed by atoms with van der Waals surface area (Å²) in [5.41, 5.74) is 5.62. The number of nitrogens with zero attached hydrogens (tertiary/aromatic N) is 1. The third-order valence-corrected chi connectivity index (χ3v) is 6.41. The maximum absolute atomic E-state index is 8.75. The molecule has 0 amide bonds. The van der Waals surface area contributed by atoms with Crippen molar-refractivity contribution < 1.29 is 12.0 Å². The molecular formula is C29H32NO+. The van der Waals surface area contributed by atoms with Crippen LogP contribution < -0.4 is 9.30 Å². The molecular weight excluding hydrogens is 378 g/mol. The number of aromatic nitrogens is 1. The number of hydrogen-bond donors (Lipinski definition) is 0. The van der Waals surface area contributed by atoms with Crippen LogP contribution in [-0.4, -0.2) is 0 Å². The smallest absolute Gasteiger partial charge is 0.228 e. The molecule has 4 aromatic rings. The van der Waals surface area contributed by atoms with E-state index in [1.54, 1.807) is 0 Å². The molecule has 31 heavy (non-hydrogen) atoms. The minimum atomic E-state index is 0.0817. The fraction of sp³-hybridized carbons (Fsp3) is 0.345. The number of rotatable bonds is 2. The lowest BCUT2D eigenvalue weighted by atomic mass is 9.81. The highest BCUT2D eigenvalue weighted by molar-refractivity contribution is 6.06. The molecule has 1 aromatic heterocycles. The predicted octanol–water partition coefficient (Wildman–Crippen LogP) is 7.61. The first-order valence-corrected chi connectivity index (χ1v) is 11.2. The largest absolute Gasteiger partial charge is 0.455 e. The highest BCUT2D eigenvalue weighted by atomic mass is 16.5. The number of pyridine rings is 1. The number of ether oxygens (including phenoxy) is 1. The van der Waals surface area contributed by atoms with Crippen LogP contribution in [0.3, 0.4) is 0 Å². The van der Waals surface area contributed by atoms with Gasteiger partial charge in [0, 0.05) is 11.6 Å².